The van der Waals surface area contributed by atoms with E-state index >= 15 is 0 Å². The summed E-state index contributed by atoms with van der Waals surface area (Å²) >= 11 is 5.72. The molecule has 1 aliphatic carbocycles. The van der Waals surface area contributed by atoms with Gasteiger partial charge >= 0.3 is 0 Å². The summed E-state index contributed by atoms with van der Waals surface area (Å²) in [6.07, 6.45) is 8.14. The Hall–Kier alpha value is -0.640. The Bertz CT molecular complexity index is 293. The van der Waals surface area contributed by atoms with E-state index in [1.807, 2.05) is 4.68 Å². The van der Waals surface area contributed by atoms with E-state index in [0.717, 1.165) is 18.3 Å². The van der Waals surface area contributed by atoms with Crippen LogP contribution in [0.4, 0.5) is 0 Å². The van der Waals surface area contributed by atoms with Crippen molar-refractivity contribution < 1.29 is 0 Å². The first-order chi connectivity index (χ1) is 7.40. The lowest BCUT2D eigenvalue weighted by atomic mass is 10.0. The van der Waals surface area contributed by atoms with Gasteiger partial charge in [-0.05, 0) is 29.2 Å². The molecule has 1 aliphatic rings. The van der Waals surface area contributed by atoms with Gasteiger partial charge in [0.05, 0.1) is 5.88 Å². The average molecular weight is 229 g/mol. The van der Waals surface area contributed by atoms with Crippen molar-refractivity contribution in [2.24, 2.45) is 5.92 Å². The van der Waals surface area contributed by atoms with Gasteiger partial charge in [0.25, 0.3) is 0 Å². The van der Waals surface area contributed by atoms with Gasteiger partial charge in [-0.25, -0.2) is 4.68 Å². The molecule has 15 heavy (non-hydrogen) atoms. The Morgan fingerprint density at radius 2 is 2.13 bits per heavy atom. The lowest BCUT2D eigenvalue weighted by Gasteiger charge is -2.08. The first-order valence-electron chi connectivity index (χ1n) is 5.71. The van der Waals surface area contributed by atoms with Crippen LogP contribution in [0.2, 0.25) is 0 Å². The smallest absolute Gasteiger partial charge is 0.165 e. The van der Waals surface area contributed by atoms with Crippen LogP contribution in [0.25, 0.3) is 0 Å². The number of rotatable bonds is 5. The van der Waals surface area contributed by atoms with Crippen LogP contribution in [-0.4, -0.2) is 20.2 Å². The molecule has 0 amide bonds. The molecule has 0 atom stereocenters. The van der Waals surface area contributed by atoms with Crippen LogP contribution in [0, 0.1) is 5.92 Å². The zero-order valence-corrected chi connectivity index (χ0v) is 9.66. The lowest BCUT2D eigenvalue weighted by molar-refractivity contribution is 0.438. The van der Waals surface area contributed by atoms with E-state index in [-0.39, 0.29) is 0 Å². The zero-order chi connectivity index (χ0) is 10.5. The van der Waals surface area contributed by atoms with Crippen molar-refractivity contribution >= 4 is 11.6 Å². The van der Waals surface area contributed by atoms with Crippen LogP contribution in [0.3, 0.4) is 0 Å². The number of halogens is 1. The van der Waals surface area contributed by atoms with E-state index in [2.05, 4.69) is 15.5 Å². The van der Waals surface area contributed by atoms with Crippen molar-refractivity contribution in [3.63, 3.8) is 0 Å². The fourth-order valence-corrected chi connectivity index (χ4v) is 2.51. The molecule has 2 rings (SSSR count). The molecule has 1 fully saturated rings. The van der Waals surface area contributed by atoms with Crippen LogP contribution < -0.4 is 0 Å². The van der Waals surface area contributed by atoms with Crippen molar-refractivity contribution in [3.05, 3.63) is 5.82 Å². The molecule has 1 saturated carbocycles. The fraction of sp³-hybridized carbons (Fsp3) is 0.900. The molecule has 0 aliphatic heterocycles. The summed E-state index contributed by atoms with van der Waals surface area (Å²) in [5.74, 6) is 2.13. The Balaban J connectivity index is 1.73. The van der Waals surface area contributed by atoms with Gasteiger partial charge < -0.3 is 0 Å². The van der Waals surface area contributed by atoms with Gasteiger partial charge in [0.2, 0.25) is 0 Å². The fourth-order valence-electron chi connectivity index (χ4n) is 2.32. The minimum atomic E-state index is 0.399. The van der Waals surface area contributed by atoms with Gasteiger partial charge in [-0.15, -0.1) is 16.7 Å². The highest BCUT2D eigenvalue weighted by Crippen LogP contribution is 2.28. The van der Waals surface area contributed by atoms with Gasteiger partial charge in [0.15, 0.2) is 5.82 Å². The molecular weight excluding hydrogens is 212 g/mol. The monoisotopic (exact) mass is 228 g/mol. The molecule has 1 aromatic heterocycles. The average Bonchev–Trinajstić information content (AvgIpc) is 2.88. The number of aryl methyl sites for hydroxylation is 1. The number of aromatic nitrogens is 4. The van der Waals surface area contributed by atoms with Crippen LogP contribution in [0.15, 0.2) is 0 Å². The van der Waals surface area contributed by atoms with Gasteiger partial charge in [-0.1, -0.05) is 25.7 Å². The topological polar surface area (TPSA) is 43.6 Å². The van der Waals surface area contributed by atoms with Crippen LogP contribution in [-0.2, 0) is 12.4 Å². The largest absolute Gasteiger partial charge is 0.228 e. The highest BCUT2D eigenvalue weighted by Gasteiger charge is 2.14. The molecule has 5 heteroatoms. The van der Waals surface area contributed by atoms with Crippen molar-refractivity contribution in [2.75, 3.05) is 0 Å². The van der Waals surface area contributed by atoms with Crippen molar-refractivity contribution in [2.45, 2.75) is 50.9 Å². The maximum absolute atomic E-state index is 5.72. The van der Waals surface area contributed by atoms with Gasteiger partial charge in [-0.3, -0.25) is 0 Å². The number of alkyl halides is 1. The molecule has 84 valence electrons. The van der Waals surface area contributed by atoms with Gasteiger partial charge in [0.1, 0.15) is 0 Å². The summed E-state index contributed by atoms with van der Waals surface area (Å²) in [5.41, 5.74) is 0. The summed E-state index contributed by atoms with van der Waals surface area (Å²) in [4.78, 5) is 0. The second-order valence-corrected chi connectivity index (χ2v) is 4.51. The summed E-state index contributed by atoms with van der Waals surface area (Å²) in [5, 5.41) is 11.4. The predicted octanol–water partition coefficient (Wildman–Crippen LogP) is 2.38. The van der Waals surface area contributed by atoms with Gasteiger partial charge in [-0.2, -0.15) is 0 Å². The lowest BCUT2D eigenvalue weighted by Crippen LogP contribution is -2.06. The number of nitrogens with zero attached hydrogens (tertiary/aromatic N) is 4. The Morgan fingerprint density at radius 3 is 2.87 bits per heavy atom. The standard InChI is InChI=1S/C10H17ClN4/c11-8-10-12-13-14-15(10)7-3-6-9-4-1-2-5-9/h9H,1-8H2. The molecule has 1 aromatic rings. The minimum Gasteiger partial charge on any atom is -0.228 e. The Labute approximate surface area is 95.0 Å². The molecule has 0 N–H and O–H groups in total. The highest BCUT2D eigenvalue weighted by atomic mass is 35.5. The third kappa shape index (κ3) is 2.91. The van der Waals surface area contributed by atoms with Crippen LogP contribution >= 0.6 is 11.6 Å². The molecule has 0 radical (unpaired) electrons. The highest BCUT2D eigenvalue weighted by molar-refractivity contribution is 6.16. The van der Waals surface area contributed by atoms with Gasteiger partial charge in [0, 0.05) is 6.54 Å². The molecule has 0 unspecified atom stereocenters. The van der Waals surface area contributed by atoms with Crippen molar-refractivity contribution in [1.29, 1.82) is 0 Å². The van der Waals surface area contributed by atoms with E-state index in [4.69, 9.17) is 11.6 Å². The second kappa shape index (κ2) is 5.45. The Morgan fingerprint density at radius 1 is 1.33 bits per heavy atom. The molecular formula is C10H17ClN4. The van der Waals surface area contributed by atoms with Crippen LogP contribution in [0.5, 0.6) is 0 Å². The molecule has 0 bridgehead atoms. The predicted molar refractivity (Wildman–Crippen MR) is 58.6 cm³/mol. The normalized spacial score (nSPS) is 17.4. The summed E-state index contributed by atoms with van der Waals surface area (Å²) < 4.78 is 1.82. The maximum Gasteiger partial charge on any atom is 0.165 e. The third-order valence-electron chi connectivity index (χ3n) is 3.18. The maximum atomic E-state index is 5.72. The second-order valence-electron chi connectivity index (χ2n) is 4.24. The van der Waals surface area contributed by atoms with E-state index in [0.29, 0.717) is 5.88 Å². The first-order valence-corrected chi connectivity index (χ1v) is 6.24. The van der Waals surface area contributed by atoms with E-state index < -0.39 is 0 Å². The summed E-state index contributed by atoms with van der Waals surface area (Å²) in [6.45, 7) is 0.908. The first kappa shape index (κ1) is 10.9. The number of hydrogen-bond acceptors (Lipinski definition) is 3. The zero-order valence-electron chi connectivity index (χ0n) is 8.90. The molecule has 0 spiro atoms. The quantitative estimate of drug-likeness (QED) is 0.727. The SMILES string of the molecule is ClCc1nnnn1CCCC1CCCC1. The molecule has 0 saturated heterocycles. The Kier molecular flexibility index (Phi) is 3.94. The minimum absolute atomic E-state index is 0.399. The van der Waals surface area contributed by atoms with E-state index in [1.165, 1.54) is 38.5 Å². The molecule has 1 heterocycles. The summed E-state index contributed by atoms with van der Waals surface area (Å²) in [6, 6.07) is 0. The van der Waals surface area contributed by atoms with Crippen LogP contribution in [0.1, 0.15) is 44.3 Å². The van der Waals surface area contributed by atoms with Crippen molar-refractivity contribution in [3.8, 4) is 0 Å². The number of hydrogen-bond donors (Lipinski definition) is 0. The van der Waals surface area contributed by atoms with Crippen molar-refractivity contribution in [1.82, 2.24) is 20.2 Å². The molecule has 0 aromatic carbocycles. The van der Waals surface area contributed by atoms with E-state index in [1.54, 1.807) is 0 Å². The summed E-state index contributed by atoms with van der Waals surface area (Å²) in [7, 11) is 0. The molecule has 4 nitrogen and oxygen atoms in total. The third-order valence-corrected chi connectivity index (χ3v) is 3.42. The number of tetrazole rings is 1. The van der Waals surface area contributed by atoms with E-state index in [9.17, 15) is 0 Å².